The summed E-state index contributed by atoms with van der Waals surface area (Å²) in [5, 5.41) is 50.0. The van der Waals surface area contributed by atoms with Crippen molar-refractivity contribution in [2.45, 2.75) is 63.0 Å². The van der Waals surface area contributed by atoms with Crippen molar-refractivity contribution >= 4 is 17.1 Å². The van der Waals surface area contributed by atoms with Crippen molar-refractivity contribution in [2.75, 3.05) is 26.2 Å². The fourth-order valence-corrected chi connectivity index (χ4v) is 6.26. The van der Waals surface area contributed by atoms with Gasteiger partial charge in [-0.15, -0.1) is 0 Å². The topological polar surface area (TPSA) is 158 Å². The lowest BCUT2D eigenvalue weighted by Gasteiger charge is -2.38. The Labute approximate surface area is 266 Å². The first kappa shape index (κ1) is 31.8. The van der Waals surface area contributed by atoms with Crippen molar-refractivity contribution in [2.24, 2.45) is 0 Å². The predicted octanol–water partition coefficient (Wildman–Crippen LogP) is 3.59. The van der Waals surface area contributed by atoms with Gasteiger partial charge in [-0.3, -0.25) is 4.90 Å². The average Bonchev–Trinajstić information content (AvgIpc) is 3.06. The van der Waals surface area contributed by atoms with E-state index in [1.807, 2.05) is 49.4 Å². The number of nitrogens with zero attached hydrogens (tertiary/aromatic N) is 1. The lowest BCUT2D eigenvalue weighted by Crippen LogP contribution is -2.61. The van der Waals surface area contributed by atoms with Gasteiger partial charge in [0.2, 0.25) is 6.29 Å². The minimum Gasteiger partial charge on any atom is -0.508 e. The molecule has 46 heavy (non-hydrogen) atoms. The number of rotatable bonds is 9. The zero-order valence-electron chi connectivity index (χ0n) is 25.5. The van der Waals surface area contributed by atoms with Gasteiger partial charge >= 0.3 is 5.97 Å². The monoisotopic (exact) mass is 633 g/mol. The third kappa shape index (κ3) is 6.69. The van der Waals surface area contributed by atoms with Gasteiger partial charge in [0.15, 0.2) is 6.10 Å². The minimum atomic E-state index is -1.81. The summed E-state index contributed by atoms with van der Waals surface area (Å²) in [7, 11) is 0. The largest absolute Gasteiger partial charge is 0.508 e. The summed E-state index contributed by atoms with van der Waals surface area (Å²) in [6, 6.07) is 19.7. The van der Waals surface area contributed by atoms with Crippen LogP contribution in [0.2, 0.25) is 0 Å². The van der Waals surface area contributed by atoms with E-state index in [0.717, 1.165) is 53.2 Å². The van der Waals surface area contributed by atoms with Gasteiger partial charge in [-0.25, -0.2) is 4.79 Å². The second kappa shape index (κ2) is 13.7. The molecule has 0 radical (unpaired) electrons. The molecular weight excluding hydrogens is 594 g/mol. The van der Waals surface area contributed by atoms with E-state index in [0.29, 0.717) is 12.4 Å². The highest BCUT2D eigenvalue weighted by Gasteiger charge is 2.48. The number of hydrogen-bond donors (Lipinski definition) is 5. The molecule has 0 aromatic heterocycles. The smallest absolute Gasteiger partial charge is 0.335 e. The lowest BCUT2D eigenvalue weighted by atomic mass is 9.86. The third-order valence-electron chi connectivity index (χ3n) is 8.82. The molecule has 0 bridgehead atoms. The summed E-state index contributed by atoms with van der Waals surface area (Å²) in [6.07, 6.45) is -5.26. The lowest BCUT2D eigenvalue weighted by molar-refractivity contribution is -0.271. The second-order valence-corrected chi connectivity index (χ2v) is 11.9. The van der Waals surface area contributed by atoms with Crippen LogP contribution in [0.5, 0.6) is 23.0 Å². The van der Waals surface area contributed by atoms with E-state index in [2.05, 4.69) is 4.90 Å². The molecule has 11 nitrogen and oxygen atoms in total. The van der Waals surface area contributed by atoms with Crippen molar-refractivity contribution in [3.63, 3.8) is 0 Å². The molecule has 6 rings (SSSR count). The van der Waals surface area contributed by atoms with E-state index in [1.54, 1.807) is 24.3 Å². The summed E-state index contributed by atoms with van der Waals surface area (Å²) < 4.78 is 23.5. The van der Waals surface area contributed by atoms with Crippen molar-refractivity contribution < 1.29 is 49.3 Å². The molecule has 2 saturated heterocycles. The Morgan fingerprint density at radius 1 is 0.891 bits per heavy atom. The van der Waals surface area contributed by atoms with Gasteiger partial charge in [0.25, 0.3) is 0 Å². The number of fused-ring (bicyclic) bond motifs is 1. The Hall–Kier alpha value is -4.13. The highest BCUT2D eigenvalue weighted by atomic mass is 16.7. The molecule has 3 aliphatic rings. The normalized spacial score (nSPS) is 26.6. The Morgan fingerprint density at radius 3 is 2.28 bits per heavy atom. The van der Waals surface area contributed by atoms with E-state index in [-0.39, 0.29) is 11.5 Å². The van der Waals surface area contributed by atoms with Crippen LogP contribution in [0, 0.1) is 0 Å². The number of allylic oxidation sites excluding steroid dienone is 1. The van der Waals surface area contributed by atoms with Gasteiger partial charge in [0.1, 0.15) is 54.0 Å². The summed E-state index contributed by atoms with van der Waals surface area (Å²) in [5.74, 6) is 0.198. The van der Waals surface area contributed by atoms with E-state index in [9.17, 15) is 30.3 Å². The molecule has 0 amide bonds. The number of piperidine rings is 1. The molecule has 11 heteroatoms. The second-order valence-electron chi connectivity index (χ2n) is 11.9. The number of ether oxygens (including phenoxy) is 4. The van der Waals surface area contributed by atoms with Crippen LogP contribution >= 0.6 is 0 Å². The molecule has 0 unspecified atom stereocenters. The van der Waals surface area contributed by atoms with E-state index >= 15 is 0 Å². The van der Waals surface area contributed by atoms with Gasteiger partial charge in [0.05, 0.1) is 0 Å². The van der Waals surface area contributed by atoms with E-state index in [1.165, 1.54) is 19.3 Å². The van der Waals surface area contributed by atoms with Crippen LogP contribution in [-0.2, 0) is 9.53 Å². The van der Waals surface area contributed by atoms with E-state index < -0.39 is 42.8 Å². The molecule has 0 aliphatic carbocycles. The molecule has 2 fully saturated rings. The Kier molecular flexibility index (Phi) is 9.48. The number of hydrogen-bond acceptors (Lipinski definition) is 10. The first-order chi connectivity index (χ1) is 22.2. The van der Waals surface area contributed by atoms with Gasteiger partial charge < -0.3 is 44.5 Å². The molecule has 0 spiro atoms. The minimum absolute atomic E-state index is 0.0996. The van der Waals surface area contributed by atoms with Gasteiger partial charge in [-0.2, -0.15) is 0 Å². The summed E-state index contributed by atoms with van der Waals surface area (Å²) in [4.78, 5) is 13.9. The Balaban J connectivity index is 1.22. The standard InChI is InChI=1S/C35H39NO10/c1-20-26-14-9-23(37)19-27(26)45-32(22-7-10-24(11-8-22)43-18-17-36-15-3-2-4-16-36)28(20)21-5-12-25(13-6-21)44-35-31(40)29(38)30(39)33(46-35)34(41)42/h5-14,19,29-33,35,37-40H,2-4,15-18H2,1H3,(H,41,42)/t29-,30-,31+,32-,33-,35+/m0/s1. The number of aliphatic hydroxyl groups is 3. The summed E-state index contributed by atoms with van der Waals surface area (Å²) >= 11 is 0. The van der Waals surface area contributed by atoms with Crippen LogP contribution in [0.25, 0.3) is 11.1 Å². The Morgan fingerprint density at radius 2 is 1.59 bits per heavy atom. The molecule has 6 atom stereocenters. The van der Waals surface area contributed by atoms with Crippen LogP contribution in [0.4, 0.5) is 0 Å². The summed E-state index contributed by atoms with van der Waals surface area (Å²) in [5.41, 5.74) is 4.39. The molecule has 3 heterocycles. The molecule has 3 aliphatic heterocycles. The van der Waals surface area contributed by atoms with Crippen molar-refractivity contribution in [1.29, 1.82) is 0 Å². The molecule has 3 aromatic rings. The molecular formula is C35H39NO10. The highest BCUT2D eigenvalue weighted by molar-refractivity contribution is 5.95. The number of likely N-dealkylation sites (tertiary alicyclic amines) is 1. The number of carbonyl (C=O) groups is 1. The number of aliphatic carboxylic acids is 1. The van der Waals surface area contributed by atoms with Crippen molar-refractivity contribution in [1.82, 2.24) is 4.90 Å². The third-order valence-corrected chi connectivity index (χ3v) is 8.82. The van der Waals surface area contributed by atoms with Crippen molar-refractivity contribution in [3.8, 4) is 23.0 Å². The predicted molar refractivity (Wildman–Crippen MR) is 168 cm³/mol. The highest BCUT2D eigenvalue weighted by Crippen LogP contribution is 2.47. The number of aromatic hydroxyl groups is 1. The maximum absolute atomic E-state index is 11.5. The molecule has 0 saturated carbocycles. The quantitative estimate of drug-likeness (QED) is 0.235. The molecule has 244 valence electrons. The van der Waals surface area contributed by atoms with Gasteiger partial charge in [-0.1, -0.05) is 30.7 Å². The Bertz CT molecular complexity index is 1550. The van der Waals surface area contributed by atoms with Crippen LogP contribution in [0.3, 0.4) is 0 Å². The number of carboxylic acid groups (broad SMARTS) is 1. The number of benzene rings is 3. The SMILES string of the molecule is CC1=C(c2ccc(O[C@@H]3O[C@H](C(=O)O)[C@@H](O)[C@H](O)[C@H]3O)cc2)[C@H](c2ccc(OCCN3CCCCC3)cc2)Oc2cc(O)ccc21. The number of phenolic OH excluding ortho intramolecular Hbond substituents is 1. The van der Waals surface area contributed by atoms with Gasteiger partial charge in [0, 0.05) is 23.7 Å². The average molecular weight is 634 g/mol. The van der Waals surface area contributed by atoms with Crippen LogP contribution in [-0.4, -0.2) is 93.3 Å². The van der Waals surface area contributed by atoms with E-state index in [4.69, 9.17) is 18.9 Å². The first-order valence-electron chi connectivity index (χ1n) is 15.5. The zero-order valence-corrected chi connectivity index (χ0v) is 25.5. The van der Waals surface area contributed by atoms with Gasteiger partial charge in [-0.05, 0) is 86.0 Å². The van der Waals surface area contributed by atoms with Crippen LogP contribution in [0.15, 0.2) is 66.7 Å². The maximum Gasteiger partial charge on any atom is 0.335 e. The molecule has 5 N–H and O–H groups in total. The number of carboxylic acids is 1. The number of phenols is 1. The maximum atomic E-state index is 11.5. The van der Waals surface area contributed by atoms with Crippen LogP contribution in [0.1, 0.15) is 49.0 Å². The number of aliphatic hydroxyl groups excluding tert-OH is 3. The first-order valence-corrected chi connectivity index (χ1v) is 15.5. The fraction of sp³-hybridized carbons (Fsp3) is 0.400. The van der Waals surface area contributed by atoms with Crippen LogP contribution < -0.4 is 14.2 Å². The zero-order chi connectivity index (χ0) is 32.4. The van der Waals surface area contributed by atoms with Crippen molar-refractivity contribution in [3.05, 3.63) is 83.4 Å². The molecule has 3 aromatic carbocycles. The summed E-state index contributed by atoms with van der Waals surface area (Å²) in [6.45, 7) is 5.75. The fourth-order valence-electron chi connectivity index (χ4n) is 6.26.